The third-order valence-corrected chi connectivity index (χ3v) is 4.71. The van der Waals surface area contributed by atoms with E-state index in [9.17, 15) is 4.79 Å². The van der Waals surface area contributed by atoms with Crippen molar-refractivity contribution in [3.63, 3.8) is 0 Å². The van der Waals surface area contributed by atoms with Crippen molar-refractivity contribution in [2.45, 2.75) is 52.5 Å². The number of likely N-dealkylation sites (tertiary alicyclic amines) is 1. The zero-order valence-corrected chi connectivity index (χ0v) is 13.1. The quantitative estimate of drug-likeness (QED) is 0.798. The third-order valence-electron chi connectivity index (χ3n) is 4.71. The molecule has 0 saturated carbocycles. The summed E-state index contributed by atoms with van der Waals surface area (Å²) in [6.07, 6.45) is 4.20. The van der Waals surface area contributed by atoms with Gasteiger partial charge >= 0.3 is 0 Å². The lowest BCUT2D eigenvalue weighted by atomic mass is 9.85. The first kappa shape index (κ1) is 16.4. The normalized spacial score (nSPS) is 21.1. The molecule has 1 amide bonds. The van der Waals surface area contributed by atoms with E-state index in [-0.39, 0.29) is 5.91 Å². The van der Waals surface area contributed by atoms with Gasteiger partial charge in [0, 0.05) is 32.7 Å². The van der Waals surface area contributed by atoms with Gasteiger partial charge in [0.05, 0.1) is 5.41 Å². The van der Waals surface area contributed by atoms with Crippen molar-refractivity contribution in [3.05, 3.63) is 0 Å². The summed E-state index contributed by atoms with van der Waals surface area (Å²) in [6, 6.07) is 0.387. The van der Waals surface area contributed by atoms with Crippen LogP contribution in [0.3, 0.4) is 0 Å². The smallest absolute Gasteiger partial charge is 0.229 e. The fraction of sp³-hybridized carbons (Fsp3) is 0.933. The van der Waals surface area contributed by atoms with E-state index in [4.69, 9.17) is 5.73 Å². The molecule has 1 aliphatic heterocycles. The van der Waals surface area contributed by atoms with Crippen LogP contribution in [0.5, 0.6) is 0 Å². The molecule has 0 aromatic rings. The van der Waals surface area contributed by atoms with Crippen LogP contribution in [0.15, 0.2) is 0 Å². The lowest BCUT2D eigenvalue weighted by Crippen LogP contribution is -2.51. The highest BCUT2D eigenvalue weighted by Gasteiger charge is 2.35. The Morgan fingerprint density at radius 3 is 2.37 bits per heavy atom. The molecule has 0 bridgehead atoms. The number of carbonyl (C=O) groups excluding carboxylic acids is 1. The Morgan fingerprint density at radius 2 is 1.95 bits per heavy atom. The van der Waals surface area contributed by atoms with Gasteiger partial charge in [-0.2, -0.15) is 0 Å². The van der Waals surface area contributed by atoms with Crippen LogP contribution in [-0.4, -0.2) is 55.0 Å². The maximum absolute atomic E-state index is 12.6. The van der Waals surface area contributed by atoms with E-state index in [1.165, 1.54) is 13.0 Å². The summed E-state index contributed by atoms with van der Waals surface area (Å²) in [5, 5.41) is 0. The van der Waals surface area contributed by atoms with E-state index in [1.54, 1.807) is 0 Å². The van der Waals surface area contributed by atoms with Crippen LogP contribution in [-0.2, 0) is 4.79 Å². The van der Waals surface area contributed by atoms with E-state index < -0.39 is 5.41 Å². The summed E-state index contributed by atoms with van der Waals surface area (Å²) >= 11 is 0. The number of piperidine rings is 1. The lowest BCUT2D eigenvalue weighted by molar-refractivity contribution is -0.142. The van der Waals surface area contributed by atoms with Crippen LogP contribution in [0.2, 0.25) is 0 Å². The van der Waals surface area contributed by atoms with Crippen molar-refractivity contribution < 1.29 is 4.79 Å². The number of rotatable bonds is 6. The predicted molar refractivity (Wildman–Crippen MR) is 80.0 cm³/mol. The summed E-state index contributed by atoms with van der Waals surface area (Å²) in [6.45, 7) is 10.1. The fourth-order valence-electron chi connectivity index (χ4n) is 2.82. The Morgan fingerprint density at radius 1 is 1.37 bits per heavy atom. The molecule has 1 unspecified atom stereocenters. The second kappa shape index (κ2) is 7.25. The molecule has 0 spiro atoms. The largest absolute Gasteiger partial charge is 0.342 e. The van der Waals surface area contributed by atoms with Gasteiger partial charge in [0.25, 0.3) is 0 Å². The van der Waals surface area contributed by atoms with Gasteiger partial charge in [0.2, 0.25) is 5.91 Å². The molecule has 0 aliphatic carbocycles. The average Bonchev–Trinajstić information content (AvgIpc) is 2.46. The Hall–Kier alpha value is -0.610. The number of hydrogen-bond acceptors (Lipinski definition) is 3. The van der Waals surface area contributed by atoms with Crippen molar-refractivity contribution in [2.75, 3.05) is 33.2 Å². The van der Waals surface area contributed by atoms with E-state index >= 15 is 0 Å². The highest BCUT2D eigenvalue weighted by atomic mass is 16.2. The Labute approximate surface area is 118 Å². The van der Waals surface area contributed by atoms with Gasteiger partial charge in [-0.3, -0.25) is 4.79 Å². The van der Waals surface area contributed by atoms with E-state index in [0.29, 0.717) is 12.6 Å². The minimum absolute atomic E-state index is 0.214. The molecule has 1 rings (SSSR count). The topological polar surface area (TPSA) is 49.6 Å². The SMILES string of the molecule is CCCN1CCC(N(C)C(=O)C(C)(CC)CN)CC1. The van der Waals surface area contributed by atoms with Gasteiger partial charge in [-0.15, -0.1) is 0 Å². The second-order valence-corrected chi connectivity index (χ2v) is 6.11. The Kier molecular flexibility index (Phi) is 6.27. The standard InChI is InChI=1S/C15H31N3O/c1-5-9-18-10-7-13(8-11-18)17(4)14(19)15(3,6-2)12-16/h13H,5-12,16H2,1-4H3. The van der Waals surface area contributed by atoms with Gasteiger partial charge in [0.1, 0.15) is 0 Å². The van der Waals surface area contributed by atoms with Gasteiger partial charge in [-0.05, 0) is 39.2 Å². The van der Waals surface area contributed by atoms with Crippen LogP contribution in [0.1, 0.15) is 46.5 Å². The van der Waals surface area contributed by atoms with E-state index in [1.807, 2.05) is 25.8 Å². The molecule has 2 N–H and O–H groups in total. The van der Waals surface area contributed by atoms with Gasteiger partial charge < -0.3 is 15.5 Å². The molecule has 19 heavy (non-hydrogen) atoms. The van der Waals surface area contributed by atoms with E-state index in [2.05, 4.69) is 11.8 Å². The average molecular weight is 269 g/mol. The van der Waals surface area contributed by atoms with Gasteiger partial charge in [0.15, 0.2) is 0 Å². The lowest BCUT2D eigenvalue weighted by Gasteiger charge is -2.40. The summed E-state index contributed by atoms with van der Waals surface area (Å²) < 4.78 is 0. The van der Waals surface area contributed by atoms with Gasteiger partial charge in [-0.25, -0.2) is 0 Å². The van der Waals surface area contributed by atoms with Crippen LogP contribution >= 0.6 is 0 Å². The minimum atomic E-state index is -0.394. The van der Waals surface area contributed by atoms with E-state index in [0.717, 1.165) is 32.4 Å². The van der Waals surface area contributed by atoms with Crippen molar-refractivity contribution >= 4 is 5.91 Å². The van der Waals surface area contributed by atoms with Crippen LogP contribution in [0, 0.1) is 5.41 Å². The zero-order chi connectivity index (χ0) is 14.5. The molecular formula is C15H31N3O. The summed E-state index contributed by atoms with van der Waals surface area (Å²) in [5.41, 5.74) is 5.40. The number of carbonyl (C=O) groups is 1. The Bertz CT molecular complexity index is 281. The predicted octanol–water partition coefficient (Wildman–Crippen LogP) is 1.69. The maximum atomic E-state index is 12.6. The molecule has 0 radical (unpaired) electrons. The van der Waals surface area contributed by atoms with Gasteiger partial charge in [-0.1, -0.05) is 13.8 Å². The summed E-state index contributed by atoms with van der Waals surface area (Å²) in [4.78, 5) is 17.0. The molecule has 1 heterocycles. The van der Waals surface area contributed by atoms with Crippen molar-refractivity contribution in [3.8, 4) is 0 Å². The number of hydrogen-bond donors (Lipinski definition) is 1. The number of amides is 1. The second-order valence-electron chi connectivity index (χ2n) is 6.11. The maximum Gasteiger partial charge on any atom is 0.229 e. The molecule has 1 saturated heterocycles. The number of nitrogens with two attached hydrogens (primary N) is 1. The minimum Gasteiger partial charge on any atom is -0.342 e. The molecule has 4 heteroatoms. The molecule has 112 valence electrons. The first-order valence-electron chi connectivity index (χ1n) is 7.68. The highest BCUT2D eigenvalue weighted by Crippen LogP contribution is 2.25. The zero-order valence-electron chi connectivity index (χ0n) is 13.1. The molecule has 0 aromatic carbocycles. The number of nitrogens with zero attached hydrogens (tertiary/aromatic N) is 2. The molecular weight excluding hydrogens is 238 g/mol. The molecule has 1 atom stereocenters. The van der Waals surface area contributed by atoms with Crippen molar-refractivity contribution in [1.82, 2.24) is 9.80 Å². The summed E-state index contributed by atoms with van der Waals surface area (Å²) in [7, 11) is 1.95. The van der Waals surface area contributed by atoms with Crippen molar-refractivity contribution in [1.29, 1.82) is 0 Å². The monoisotopic (exact) mass is 269 g/mol. The van der Waals surface area contributed by atoms with Crippen LogP contribution in [0.4, 0.5) is 0 Å². The van der Waals surface area contributed by atoms with Crippen LogP contribution < -0.4 is 5.73 Å². The first-order chi connectivity index (χ1) is 8.98. The molecule has 1 fully saturated rings. The first-order valence-corrected chi connectivity index (χ1v) is 7.68. The molecule has 4 nitrogen and oxygen atoms in total. The van der Waals surface area contributed by atoms with Crippen LogP contribution in [0.25, 0.3) is 0 Å². The third kappa shape index (κ3) is 3.93. The summed E-state index contributed by atoms with van der Waals surface area (Å²) in [5.74, 6) is 0.214. The fourth-order valence-corrected chi connectivity index (χ4v) is 2.82. The molecule has 1 aliphatic rings. The molecule has 0 aromatic heterocycles. The van der Waals surface area contributed by atoms with Crippen molar-refractivity contribution in [2.24, 2.45) is 11.1 Å². The highest BCUT2D eigenvalue weighted by molar-refractivity contribution is 5.82. The Balaban J connectivity index is 2.55.